The predicted octanol–water partition coefficient (Wildman–Crippen LogP) is 2.85. The topological polar surface area (TPSA) is 59.4 Å². The Bertz CT molecular complexity index is 794. The van der Waals surface area contributed by atoms with Gasteiger partial charge >= 0.3 is 5.97 Å². The van der Waals surface area contributed by atoms with Gasteiger partial charge in [0.1, 0.15) is 11.4 Å². The van der Waals surface area contributed by atoms with Crippen molar-refractivity contribution >= 4 is 12.0 Å². The second-order valence-corrected chi connectivity index (χ2v) is 5.64. The van der Waals surface area contributed by atoms with E-state index < -0.39 is 11.6 Å². The van der Waals surface area contributed by atoms with Crippen LogP contribution in [-0.4, -0.2) is 23.2 Å². The van der Waals surface area contributed by atoms with Gasteiger partial charge in [-0.2, -0.15) is 0 Å². The largest absolute Gasteiger partial charge is 0.465 e. The van der Waals surface area contributed by atoms with Crippen LogP contribution in [0.4, 0.5) is 4.39 Å². The van der Waals surface area contributed by atoms with E-state index in [2.05, 4.69) is 4.98 Å². The van der Waals surface area contributed by atoms with Crippen molar-refractivity contribution in [2.24, 2.45) is 0 Å². The first-order valence-corrected chi connectivity index (χ1v) is 7.19. The Morgan fingerprint density at radius 2 is 2.00 bits per heavy atom. The molecule has 0 radical (unpaired) electrons. The molecule has 23 heavy (non-hydrogen) atoms. The van der Waals surface area contributed by atoms with Gasteiger partial charge in [-0.3, -0.25) is 4.98 Å². The monoisotopic (exact) mass is 313 g/mol. The zero-order chi connectivity index (χ0) is 16.6. The van der Waals surface area contributed by atoms with Crippen molar-refractivity contribution < 1.29 is 19.0 Å². The van der Waals surface area contributed by atoms with Crippen LogP contribution in [0.25, 0.3) is 6.08 Å². The van der Waals surface area contributed by atoms with Gasteiger partial charge in [-0.15, -0.1) is 0 Å². The van der Waals surface area contributed by atoms with Gasteiger partial charge in [-0.25, -0.2) is 9.18 Å². The Morgan fingerprint density at radius 1 is 1.30 bits per heavy atom. The summed E-state index contributed by atoms with van der Waals surface area (Å²) < 4.78 is 17.9. The molecule has 1 heterocycles. The van der Waals surface area contributed by atoms with E-state index in [4.69, 9.17) is 4.74 Å². The molecular weight excluding hydrogens is 297 g/mol. The van der Waals surface area contributed by atoms with Crippen molar-refractivity contribution in [1.82, 2.24) is 4.98 Å². The lowest BCUT2D eigenvalue weighted by atomic mass is 9.86. The van der Waals surface area contributed by atoms with Crippen LogP contribution in [-0.2, 0) is 16.8 Å². The normalized spacial score (nSPS) is 15.6. The van der Waals surface area contributed by atoms with Gasteiger partial charge in [0.2, 0.25) is 0 Å². The van der Waals surface area contributed by atoms with Gasteiger partial charge < -0.3 is 9.84 Å². The molecule has 4 nitrogen and oxygen atoms in total. The zero-order valence-corrected chi connectivity index (χ0v) is 12.8. The van der Waals surface area contributed by atoms with Gasteiger partial charge in [0.15, 0.2) is 0 Å². The third-order valence-corrected chi connectivity index (χ3v) is 4.20. The van der Waals surface area contributed by atoms with Crippen LogP contribution < -0.4 is 0 Å². The minimum Gasteiger partial charge on any atom is -0.465 e. The molecule has 3 rings (SSSR count). The summed E-state index contributed by atoms with van der Waals surface area (Å²) in [7, 11) is 1.33. The van der Waals surface area contributed by atoms with Crippen LogP contribution in [0.1, 0.15) is 34.1 Å². The first-order chi connectivity index (χ1) is 10.9. The van der Waals surface area contributed by atoms with Gasteiger partial charge in [-0.1, -0.05) is 12.1 Å². The third-order valence-electron chi connectivity index (χ3n) is 4.20. The van der Waals surface area contributed by atoms with E-state index in [9.17, 15) is 14.3 Å². The number of benzene rings is 1. The van der Waals surface area contributed by atoms with Crippen LogP contribution in [0, 0.1) is 5.82 Å². The molecule has 0 saturated heterocycles. The van der Waals surface area contributed by atoms with Crippen LogP contribution in [0.5, 0.6) is 0 Å². The molecular formula is C18H16FNO3. The number of pyridine rings is 1. The molecule has 0 saturated carbocycles. The summed E-state index contributed by atoms with van der Waals surface area (Å²) in [5.41, 5.74) is 1.82. The second kappa shape index (κ2) is 5.59. The SMILES string of the molecule is COC(=O)c1ccnc2c1CC(C(C)(O)c1ccc(F)cc1)=C2. The molecule has 2 aromatic rings. The average molecular weight is 313 g/mol. The molecule has 1 atom stereocenters. The summed E-state index contributed by atoms with van der Waals surface area (Å²) in [5, 5.41) is 10.9. The highest BCUT2D eigenvalue weighted by Gasteiger charge is 2.33. The number of hydrogen-bond acceptors (Lipinski definition) is 4. The fourth-order valence-corrected chi connectivity index (χ4v) is 2.80. The van der Waals surface area contributed by atoms with Crippen molar-refractivity contribution in [3.05, 3.63) is 70.3 Å². The summed E-state index contributed by atoms with van der Waals surface area (Å²) >= 11 is 0. The van der Waals surface area contributed by atoms with E-state index >= 15 is 0 Å². The number of rotatable bonds is 3. The van der Waals surface area contributed by atoms with Crippen LogP contribution in [0.2, 0.25) is 0 Å². The van der Waals surface area contributed by atoms with E-state index in [1.165, 1.54) is 25.4 Å². The van der Waals surface area contributed by atoms with E-state index in [-0.39, 0.29) is 5.82 Å². The minimum absolute atomic E-state index is 0.358. The van der Waals surface area contributed by atoms with Gasteiger partial charge in [0.25, 0.3) is 0 Å². The lowest BCUT2D eigenvalue weighted by Crippen LogP contribution is -2.24. The van der Waals surface area contributed by atoms with Crippen LogP contribution in [0.15, 0.2) is 42.1 Å². The first-order valence-electron chi connectivity index (χ1n) is 7.19. The molecule has 0 spiro atoms. The molecule has 1 unspecified atom stereocenters. The molecule has 1 N–H and O–H groups in total. The molecule has 0 aliphatic heterocycles. The second-order valence-electron chi connectivity index (χ2n) is 5.64. The maximum absolute atomic E-state index is 13.1. The van der Waals surface area contributed by atoms with Gasteiger partial charge in [-0.05, 0) is 54.3 Å². The maximum atomic E-state index is 13.1. The number of methoxy groups -OCH3 is 1. The number of ether oxygens (including phenoxy) is 1. The number of nitrogens with zero attached hydrogens (tertiary/aromatic N) is 1. The molecule has 0 bridgehead atoms. The average Bonchev–Trinajstić information content (AvgIpc) is 2.99. The van der Waals surface area contributed by atoms with E-state index in [0.717, 1.165) is 5.56 Å². The van der Waals surface area contributed by atoms with Crippen molar-refractivity contribution in [1.29, 1.82) is 0 Å². The third kappa shape index (κ3) is 2.64. The Labute approximate surface area is 133 Å². The van der Waals surface area contributed by atoms with Crippen molar-refractivity contribution in [3.8, 4) is 0 Å². The van der Waals surface area contributed by atoms with E-state index in [1.807, 2.05) is 0 Å². The molecule has 118 valence electrons. The van der Waals surface area contributed by atoms with E-state index in [1.54, 1.807) is 31.2 Å². The van der Waals surface area contributed by atoms with Crippen LogP contribution >= 0.6 is 0 Å². The molecule has 0 fully saturated rings. The Balaban J connectivity index is 1.97. The highest BCUT2D eigenvalue weighted by Crippen LogP contribution is 2.38. The minimum atomic E-state index is -1.28. The smallest absolute Gasteiger partial charge is 0.338 e. The number of esters is 1. The number of halogens is 1. The summed E-state index contributed by atoms with van der Waals surface area (Å²) in [6.45, 7) is 1.65. The summed E-state index contributed by atoms with van der Waals surface area (Å²) in [6.07, 6.45) is 3.69. The number of aliphatic hydroxyl groups is 1. The first kappa shape index (κ1) is 15.4. The van der Waals surface area contributed by atoms with Crippen LogP contribution in [0.3, 0.4) is 0 Å². The lowest BCUT2D eigenvalue weighted by molar-refractivity contribution is 0.0598. The highest BCUT2D eigenvalue weighted by atomic mass is 19.1. The van der Waals surface area contributed by atoms with Gasteiger partial charge in [0, 0.05) is 6.20 Å². The standard InChI is InChI=1S/C18H16FNO3/c1-18(22,11-3-5-13(19)6-4-11)12-9-15-14(17(21)23-2)7-8-20-16(15)10-12/h3-8,10,22H,9H2,1-2H3. The van der Waals surface area contributed by atoms with Crippen molar-refractivity contribution in [2.75, 3.05) is 7.11 Å². The molecule has 0 amide bonds. The molecule has 5 heteroatoms. The van der Waals surface area contributed by atoms with E-state index in [0.29, 0.717) is 28.8 Å². The summed E-state index contributed by atoms with van der Waals surface area (Å²) in [6, 6.07) is 7.32. The molecule has 1 aliphatic carbocycles. The summed E-state index contributed by atoms with van der Waals surface area (Å²) in [4.78, 5) is 16.1. The predicted molar refractivity (Wildman–Crippen MR) is 83.2 cm³/mol. The molecule has 1 aromatic carbocycles. The quantitative estimate of drug-likeness (QED) is 0.885. The lowest BCUT2D eigenvalue weighted by Gasteiger charge is -2.25. The Hall–Kier alpha value is -2.53. The molecule has 1 aromatic heterocycles. The highest BCUT2D eigenvalue weighted by molar-refractivity contribution is 5.92. The number of hydrogen-bond donors (Lipinski definition) is 1. The Kier molecular flexibility index (Phi) is 3.74. The molecule has 1 aliphatic rings. The number of aromatic nitrogens is 1. The maximum Gasteiger partial charge on any atom is 0.338 e. The fraction of sp³-hybridized carbons (Fsp3) is 0.222. The number of carbonyl (C=O) groups is 1. The van der Waals surface area contributed by atoms with Crippen molar-refractivity contribution in [3.63, 3.8) is 0 Å². The zero-order valence-electron chi connectivity index (χ0n) is 12.8. The fourth-order valence-electron chi connectivity index (χ4n) is 2.80. The summed E-state index contributed by atoms with van der Waals surface area (Å²) in [5.74, 6) is -0.789. The van der Waals surface area contributed by atoms with Gasteiger partial charge in [0.05, 0.1) is 18.4 Å². The Morgan fingerprint density at radius 3 is 2.65 bits per heavy atom. The van der Waals surface area contributed by atoms with Crippen molar-refractivity contribution in [2.45, 2.75) is 18.9 Å². The number of carbonyl (C=O) groups excluding carboxylic acids is 1. The number of fused-ring (bicyclic) bond motifs is 1.